The van der Waals surface area contributed by atoms with Gasteiger partial charge in [-0.15, -0.1) is 0 Å². The van der Waals surface area contributed by atoms with Crippen LogP contribution in [0.5, 0.6) is 0 Å². The van der Waals surface area contributed by atoms with Crippen LogP contribution in [0, 0.1) is 0 Å². The number of nitrogens with two attached hydrogens (primary N) is 1. The van der Waals surface area contributed by atoms with Crippen LogP contribution in [-0.4, -0.2) is 36.1 Å². The largest absolute Gasteiger partial charge is 0.330 e. The number of hydrogen-bond acceptors (Lipinski definition) is 3. The molecule has 1 aromatic heterocycles. The fraction of sp³-hybridized carbons (Fsp3) is 0.471. The molecule has 20 heavy (non-hydrogen) atoms. The van der Waals surface area contributed by atoms with Gasteiger partial charge in [-0.25, -0.2) is 0 Å². The number of fused-ring (bicyclic) bond motifs is 1. The van der Waals surface area contributed by atoms with Gasteiger partial charge in [0.25, 0.3) is 0 Å². The number of benzene rings is 1. The van der Waals surface area contributed by atoms with E-state index in [1.54, 1.807) is 0 Å². The second kappa shape index (κ2) is 6.33. The Labute approximate surface area is 120 Å². The van der Waals surface area contributed by atoms with Crippen LogP contribution in [0.15, 0.2) is 36.5 Å². The molecule has 0 aliphatic carbocycles. The summed E-state index contributed by atoms with van der Waals surface area (Å²) in [6.07, 6.45) is 6.03. The maximum absolute atomic E-state index is 6.01. The van der Waals surface area contributed by atoms with Crippen LogP contribution < -0.4 is 5.73 Å². The summed E-state index contributed by atoms with van der Waals surface area (Å²) < 4.78 is 0. The molecule has 1 aromatic carbocycles. The quantitative estimate of drug-likeness (QED) is 0.928. The molecule has 106 valence electrons. The summed E-state index contributed by atoms with van der Waals surface area (Å²) in [6, 6.07) is 10.5. The van der Waals surface area contributed by atoms with E-state index in [4.69, 9.17) is 5.73 Å². The molecule has 0 spiro atoms. The van der Waals surface area contributed by atoms with Crippen LogP contribution in [0.3, 0.4) is 0 Å². The maximum atomic E-state index is 6.01. The first-order chi connectivity index (χ1) is 9.86. The van der Waals surface area contributed by atoms with Crippen molar-refractivity contribution in [3.05, 3.63) is 42.1 Å². The molecule has 1 saturated heterocycles. The van der Waals surface area contributed by atoms with E-state index >= 15 is 0 Å². The van der Waals surface area contributed by atoms with Gasteiger partial charge in [-0.1, -0.05) is 24.6 Å². The normalized spacial score (nSPS) is 18.2. The van der Waals surface area contributed by atoms with E-state index in [0.717, 1.165) is 12.1 Å². The van der Waals surface area contributed by atoms with E-state index in [1.165, 1.54) is 43.3 Å². The molecule has 3 rings (SSSR count). The summed E-state index contributed by atoms with van der Waals surface area (Å²) >= 11 is 0. The van der Waals surface area contributed by atoms with Crippen LogP contribution in [0.4, 0.5) is 0 Å². The number of likely N-dealkylation sites (tertiary alicyclic amines) is 1. The van der Waals surface area contributed by atoms with E-state index in [2.05, 4.69) is 34.1 Å². The highest BCUT2D eigenvalue weighted by Crippen LogP contribution is 2.21. The molecule has 0 saturated carbocycles. The lowest BCUT2D eigenvalue weighted by atomic mass is 9.97. The Morgan fingerprint density at radius 2 is 1.95 bits per heavy atom. The molecular formula is C17H23N3. The van der Waals surface area contributed by atoms with E-state index < -0.39 is 0 Å². The zero-order chi connectivity index (χ0) is 13.8. The molecule has 1 aliphatic heterocycles. The first-order valence-electron chi connectivity index (χ1n) is 7.64. The minimum atomic E-state index is 0.394. The molecule has 0 bridgehead atoms. The summed E-state index contributed by atoms with van der Waals surface area (Å²) in [5.41, 5.74) is 8.35. The molecule has 1 fully saturated rings. The summed E-state index contributed by atoms with van der Waals surface area (Å²) in [6.45, 7) is 4.20. The van der Waals surface area contributed by atoms with Crippen LogP contribution in [-0.2, 0) is 0 Å². The zero-order valence-corrected chi connectivity index (χ0v) is 12.0. The Balaban J connectivity index is 1.79. The Morgan fingerprint density at radius 3 is 2.75 bits per heavy atom. The van der Waals surface area contributed by atoms with Crippen molar-refractivity contribution in [2.45, 2.75) is 25.2 Å². The number of para-hydroxylation sites is 1. The van der Waals surface area contributed by atoms with Crippen LogP contribution in [0.25, 0.3) is 10.9 Å². The average Bonchev–Trinajstić information content (AvgIpc) is 2.53. The van der Waals surface area contributed by atoms with E-state index in [-0.39, 0.29) is 0 Å². The number of pyridine rings is 1. The number of hydrogen-bond donors (Lipinski definition) is 1. The Morgan fingerprint density at radius 1 is 1.15 bits per heavy atom. The third kappa shape index (κ3) is 3.00. The van der Waals surface area contributed by atoms with Crippen molar-refractivity contribution in [3.63, 3.8) is 0 Å². The van der Waals surface area contributed by atoms with Crippen LogP contribution in [0.1, 0.15) is 30.7 Å². The predicted molar refractivity (Wildman–Crippen MR) is 83.8 cm³/mol. The average molecular weight is 269 g/mol. The van der Waals surface area contributed by atoms with Gasteiger partial charge < -0.3 is 10.6 Å². The lowest BCUT2D eigenvalue weighted by molar-refractivity contribution is 0.216. The molecule has 3 nitrogen and oxygen atoms in total. The summed E-state index contributed by atoms with van der Waals surface area (Å²) in [5.74, 6) is 0.394. The highest BCUT2D eigenvalue weighted by atomic mass is 15.1. The minimum absolute atomic E-state index is 0.394. The Bertz CT molecular complexity index is 561. The lowest BCUT2D eigenvalue weighted by Gasteiger charge is -2.30. The second-order valence-corrected chi connectivity index (χ2v) is 5.76. The highest BCUT2D eigenvalue weighted by molar-refractivity contribution is 5.78. The molecule has 1 unspecified atom stereocenters. The Hall–Kier alpha value is -1.45. The number of rotatable bonds is 4. The Kier molecular flexibility index (Phi) is 4.28. The van der Waals surface area contributed by atoms with Gasteiger partial charge in [0.2, 0.25) is 0 Å². The predicted octanol–water partition coefficient (Wildman–Crippen LogP) is 2.76. The van der Waals surface area contributed by atoms with Gasteiger partial charge in [-0.2, -0.15) is 0 Å². The molecule has 1 atom stereocenters. The van der Waals surface area contributed by atoms with Gasteiger partial charge in [0.05, 0.1) is 5.52 Å². The van der Waals surface area contributed by atoms with Crippen LogP contribution in [0.2, 0.25) is 0 Å². The van der Waals surface area contributed by atoms with Crippen molar-refractivity contribution in [2.24, 2.45) is 5.73 Å². The van der Waals surface area contributed by atoms with Crippen molar-refractivity contribution < 1.29 is 0 Å². The zero-order valence-electron chi connectivity index (χ0n) is 12.0. The third-order valence-electron chi connectivity index (χ3n) is 4.29. The molecule has 1 aliphatic rings. The molecule has 0 amide bonds. The highest BCUT2D eigenvalue weighted by Gasteiger charge is 2.17. The standard InChI is InChI=1S/C17H23N3/c18-11-16(13-20-8-4-1-5-9-20)15-10-14-6-2-3-7-17(14)19-12-15/h2-3,6-7,10,12,16H,1,4-5,8-9,11,13,18H2. The molecule has 0 radical (unpaired) electrons. The molecule has 3 heteroatoms. The number of aromatic nitrogens is 1. The molecule has 2 aromatic rings. The SMILES string of the molecule is NCC(CN1CCCCC1)c1cnc2ccccc2c1. The molecular weight excluding hydrogens is 246 g/mol. The molecule has 2 heterocycles. The first-order valence-corrected chi connectivity index (χ1v) is 7.64. The number of nitrogens with zero attached hydrogens (tertiary/aromatic N) is 2. The van der Waals surface area contributed by atoms with Gasteiger partial charge in [0.1, 0.15) is 0 Å². The smallest absolute Gasteiger partial charge is 0.0702 e. The fourth-order valence-corrected chi connectivity index (χ4v) is 3.08. The van der Waals surface area contributed by atoms with Crippen molar-refractivity contribution in [1.82, 2.24) is 9.88 Å². The topological polar surface area (TPSA) is 42.1 Å². The van der Waals surface area contributed by atoms with Gasteiger partial charge >= 0.3 is 0 Å². The maximum Gasteiger partial charge on any atom is 0.0702 e. The second-order valence-electron chi connectivity index (χ2n) is 5.76. The van der Waals surface area contributed by atoms with Gasteiger partial charge in [0.15, 0.2) is 0 Å². The van der Waals surface area contributed by atoms with Gasteiger partial charge in [0, 0.05) is 30.6 Å². The summed E-state index contributed by atoms with van der Waals surface area (Å²) in [7, 11) is 0. The first kappa shape index (κ1) is 13.5. The van der Waals surface area contributed by atoms with Gasteiger partial charge in [-0.3, -0.25) is 4.98 Å². The van der Waals surface area contributed by atoms with E-state index in [1.807, 2.05) is 12.3 Å². The van der Waals surface area contributed by atoms with Gasteiger partial charge in [-0.05, 0) is 43.6 Å². The van der Waals surface area contributed by atoms with E-state index in [9.17, 15) is 0 Å². The van der Waals surface area contributed by atoms with E-state index in [0.29, 0.717) is 12.5 Å². The fourth-order valence-electron chi connectivity index (χ4n) is 3.08. The molecule has 2 N–H and O–H groups in total. The van der Waals surface area contributed by atoms with Crippen molar-refractivity contribution >= 4 is 10.9 Å². The van der Waals surface area contributed by atoms with Crippen molar-refractivity contribution in [3.8, 4) is 0 Å². The minimum Gasteiger partial charge on any atom is -0.330 e. The number of piperidine rings is 1. The monoisotopic (exact) mass is 269 g/mol. The van der Waals surface area contributed by atoms with Crippen molar-refractivity contribution in [1.29, 1.82) is 0 Å². The van der Waals surface area contributed by atoms with Crippen molar-refractivity contribution in [2.75, 3.05) is 26.2 Å². The lowest BCUT2D eigenvalue weighted by Crippen LogP contribution is -2.35. The summed E-state index contributed by atoms with van der Waals surface area (Å²) in [4.78, 5) is 7.12. The van der Waals surface area contributed by atoms with Crippen LogP contribution >= 0.6 is 0 Å². The summed E-state index contributed by atoms with van der Waals surface area (Å²) in [5, 5.41) is 1.21. The third-order valence-corrected chi connectivity index (χ3v) is 4.29.